The van der Waals surface area contributed by atoms with Crippen LogP contribution in [0.1, 0.15) is 34.8 Å². The fourth-order valence-corrected chi connectivity index (χ4v) is 5.43. The van der Waals surface area contributed by atoms with Crippen LogP contribution in [-0.2, 0) is 0 Å². The van der Waals surface area contributed by atoms with Crippen LogP contribution in [0.2, 0.25) is 5.02 Å². The molecule has 3 heterocycles. The number of benzene rings is 1. The van der Waals surface area contributed by atoms with Crippen molar-refractivity contribution in [3.63, 3.8) is 0 Å². The van der Waals surface area contributed by atoms with Crippen LogP contribution in [0.3, 0.4) is 0 Å². The number of rotatable bonds is 5. The van der Waals surface area contributed by atoms with Gasteiger partial charge in [0.2, 0.25) is 0 Å². The number of amides is 1. The molecule has 2 aliphatic rings. The summed E-state index contributed by atoms with van der Waals surface area (Å²) in [7, 11) is 0. The summed E-state index contributed by atoms with van der Waals surface area (Å²) < 4.78 is 0. The molecule has 5 nitrogen and oxygen atoms in total. The van der Waals surface area contributed by atoms with Crippen LogP contribution >= 0.6 is 22.9 Å². The lowest BCUT2D eigenvalue weighted by atomic mass is 10.0. The normalized spacial score (nSPS) is 22.5. The minimum absolute atomic E-state index is 0.0567. The van der Waals surface area contributed by atoms with E-state index in [4.69, 9.17) is 11.6 Å². The Morgan fingerprint density at radius 1 is 1.23 bits per heavy atom. The van der Waals surface area contributed by atoms with Crippen molar-refractivity contribution >= 4 is 34.7 Å². The highest BCUT2D eigenvalue weighted by Crippen LogP contribution is 2.46. The zero-order chi connectivity index (χ0) is 20.7. The summed E-state index contributed by atoms with van der Waals surface area (Å²) in [5, 5.41) is 4.92. The van der Waals surface area contributed by atoms with Gasteiger partial charge in [-0.25, -0.2) is 9.97 Å². The maximum atomic E-state index is 13.7. The monoisotopic (exact) mass is 438 g/mol. The van der Waals surface area contributed by atoms with Gasteiger partial charge < -0.3 is 10.2 Å². The van der Waals surface area contributed by atoms with Crippen LogP contribution in [0.4, 0.5) is 5.82 Å². The molecule has 1 aliphatic carbocycles. The summed E-state index contributed by atoms with van der Waals surface area (Å²) in [4.78, 5) is 25.8. The third-order valence-corrected chi connectivity index (χ3v) is 7.20. The number of hydrogen-bond donors (Lipinski definition) is 1. The molecule has 0 spiro atoms. The lowest BCUT2D eigenvalue weighted by Gasteiger charge is -2.35. The maximum Gasteiger partial charge on any atom is 0.274 e. The first kappa shape index (κ1) is 19.5. The zero-order valence-electron chi connectivity index (χ0n) is 16.7. The topological polar surface area (TPSA) is 58.1 Å². The maximum absolute atomic E-state index is 13.7. The Labute approximate surface area is 185 Å². The van der Waals surface area contributed by atoms with Crippen LogP contribution in [0.15, 0.2) is 48.7 Å². The van der Waals surface area contributed by atoms with E-state index in [0.717, 1.165) is 34.1 Å². The molecule has 2 aromatic heterocycles. The molecule has 1 saturated carbocycles. The van der Waals surface area contributed by atoms with E-state index >= 15 is 0 Å². The van der Waals surface area contributed by atoms with Gasteiger partial charge in [-0.3, -0.25) is 4.79 Å². The average Bonchev–Trinajstić information content (AvgIpc) is 3.45. The molecular formula is C23H23ClN4OS. The zero-order valence-corrected chi connectivity index (χ0v) is 18.3. The number of aryl methyl sites for hydroxylation is 1. The van der Waals surface area contributed by atoms with Crippen molar-refractivity contribution in [2.24, 2.45) is 5.92 Å². The van der Waals surface area contributed by atoms with Crippen molar-refractivity contribution in [2.45, 2.75) is 38.3 Å². The SMILES string of the molecule is Cc1nc(C(=O)N2C3CC3CC[C@H]2CNc2ccc(Cl)cn2)c(-c2ccccc2)s1. The van der Waals surface area contributed by atoms with E-state index in [1.54, 1.807) is 17.5 Å². The summed E-state index contributed by atoms with van der Waals surface area (Å²) in [5.74, 6) is 1.47. The van der Waals surface area contributed by atoms with Gasteiger partial charge in [0, 0.05) is 24.8 Å². The number of carbonyl (C=O) groups is 1. The molecule has 154 valence electrons. The van der Waals surface area contributed by atoms with Gasteiger partial charge >= 0.3 is 0 Å². The molecule has 1 aromatic carbocycles. The van der Waals surface area contributed by atoms with Gasteiger partial charge in [0.15, 0.2) is 0 Å². The second-order valence-electron chi connectivity index (χ2n) is 8.03. The van der Waals surface area contributed by atoms with E-state index in [1.165, 1.54) is 6.42 Å². The first-order valence-electron chi connectivity index (χ1n) is 10.3. The van der Waals surface area contributed by atoms with Crippen molar-refractivity contribution in [1.82, 2.24) is 14.9 Å². The van der Waals surface area contributed by atoms with Crippen LogP contribution in [0.25, 0.3) is 10.4 Å². The molecule has 0 radical (unpaired) electrons. The molecule has 7 heteroatoms. The van der Waals surface area contributed by atoms with Crippen molar-refractivity contribution < 1.29 is 4.79 Å². The van der Waals surface area contributed by atoms with Gasteiger partial charge in [-0.15, -0.1) is 11.3 Å². The van der Waals surface area contributed by atoms with Crippen LogP contribution in [-0.4, -0.2) is 39.4 Å². The van der Waals surface area contributed by atoms with E-state index in [1.807, 2.05) is 49.4 Å². The van der Waals surface area contributed by atoms with E-state index in [2.05, 4.69) is 20.2 Å². The predicted octanol–water partition coefficient (Wildman–Crippen LogP) is 5.27. The summed E-state index contributed by atoms with van der Waals surface area (Å²) in [6.45, 7) is 2.64. The van der Waals surface area contributed by atoms with Crippen molar-refractivity contribution in [3.8, 4) is 10.4 Å². The fraction of sp³-hybridized carbons (Fsp3) is 0.348. The van der Waals surface area contributed by atoms with Crippen molar-refractivity contribution in [1.29, 1.82) is 0 Å². The molecule has 1 saturated heterocycles. The lowest BCUT2D eigenvalue weighted by molar-refractivity contribution is 0.0599. The van der Waals surface area contributed by atoms with Crippen molar-refractivity contribution in [3.05, 3.63) is 64.4 Å². The molecule has 2 fully saturated rings. The number of aromatic nitrogens is 2. The Hall–Kier alpha value is -2.44. The van der Waals surface area contributed by atoms with Crippen molar-refractivity contribution in [2.75, 3.05) is 11.9 Å². The van der Waals surface area contributed by atoms with Crippen LogP contribution in [0.5, 0.6) is 0 Å². The van der Waals surface area contributed by atoms with Crippen LogP contribution in [0, 0.1) is 12.8 Å². The number of nitrogens with one attached hydrogen (secondary N) is 1. The number of likely N-dealkylation sites (tertiary alicyclic amines) is 1. The predicted molar refractivity (Wildman–Crippen MR) is 121 cm³/mol. The molecule has 1 aliphatic heterocycles. The molecule has 3 aromatic rings. The Kier molecular flexibility index (Phi) is 5.21. The highest BCUT2D eigenvalue weighted by molar-refractivity contribution is 7.15. The quantitative estimate of drug-likeness (QED) is 0.589. The summed E-state index contributed by atoms with van der Waals surface area (Å²) >= 11 is 7.53. The van der Waals surface area contributed by atoms with Gasteiger partial charge in [-0.05, 0) is 49.8 Å². The van der Waals surface area contributed by atoms with Gasteiger partial charge in [0.1, 0.15) is 11.5 Å². The van der Waals surface area contributed by atoms with E-state index in [0.29, 0.717) is 29.2 Å². The lowest BCUT2D eigenvalue weighted by Crippen LogP contribution is -2.48. The third-order valence-electron chi connectivity index (χ3n) is 5.96. The molecular weight excluding hydrogens is 416 g/mol. The highest BCUT2D eigenvalue weighted by atomic mass is 35.5. The average molecular weight is 439 g/mol. The summed E-state index contributed by atoms with van der Waals surface area (Å²) in [6, 6.07) is 14.2. The third kappa shape index (κ3) is 3.82. The number of fused-ring (bicyclic) bond motifs is 1. The number of halogens is 1. The second-order valence-corrected chi connectivity index (χ2v) is 9.67. The van der Waals surface area contributed by atoms with Gasteiger partial charge in [0.25, 0.3) is 5.91 Å². The first-order chi connectivity index (χ1) is 14.6. The molecule has 1 amide bonds. The van der Waals surface area contributed by atoms with Gasteiger partial charge in [-0.1, -0.05) is 41.9 Å². The minimum atomic E-state index is 0.0567. The summed E-state index contributed by atoms with van der Waals surface area (Å²) in [5.41, 5.74) is 1.64. The highest BCUT2D eigenvalue weighted by Gasteiger charge is 2.50. The molecule has 3 atom stereocenters. The number of pyridine rings is 1. The Balaban J connectivity index is 1.40. The molecule has 2 unspecified atom stereocenters. The Bertz CT molecular complexity index is 1050. The summed E-state index contributed by atoms with van der Waals surface area (Å²) in [6.07, 6.45) is 4.91. The van der Waals surface area contributed by atoms with Gasteiger partial charge in [0.05, 0.1) is 14.9 Å². The second kappa shape index (κ2) is 8.00. The minimum Gasteiger partial charge on any atom is -0.368 e. The van der Waals surface area contributed by atoms with E-state index in [-0.39, 0.29) is 11.9 Å². The Morgan fingerprint density at radius 2 is 2.07 bits per heavy atom. The largest absolute Gasteiger partial charge is 0.368 e. The van der Waals surface area contributed by atoms with E-state index in [9.17, 15) is 4.79 Å². The number of thiazole rings is 1. The fourth-order valence-electron chi connectivity index (χ4n) is 4.40. The Morgan fingerprint density at radius 3 is 2.83 bits per heavy atom. The number of carbonyl (C=O) groups excluding carboxylic acids is 1. The standard InChI is InChI=1S/C23H23ClN4OS/c1-14-27-21(22(30-14)15-5-3-2-4-6-15)23(29)28-18(9-7-16-11-19(16)28)13-26-20-10-8-17(24)12-25-20/h2-6,8,10,12,16,18-19H,7,9,11,13H2,1H3,(H,25,26)/t16?,18-,19?/m0/s1. The van der Waals surface area contributed by atoms with Gasteiger partial charge in [-0.2, -0.15) is 0 Å². The molecule has 30 heavy (non-hydrogen) atoms. The first-order valence-corrected chi connectivity index (χ1v) is 11.5. The number of anilines is 1. The van der Waals surface area contributed by atoms with Crippen LogP contribution < -0.4 is 5.32 Å². The number of nitrogens with zero attached hydrogens (tertiary/aromatic N) is 3. The molecule has 5 rings (SSSR count). The van der Waals surface area contributed by atoms with E-state index < -0.39 is 0 Å². The number of piperidine rings is 1. The number of hydrogen-bond acceptors (Lipinski definition) is 5. The molecule has 0 bridgehead atoms. The molecule has 1 N–H and O–H groups in total. The smallest absolute Gasteiger partial charge is 0.274 e.